The molecule has 4 aromatic rings. The van der Waals surface area contributed by atoms with Crippen molar-refractivity contribution in [2.45, 2.75) is 20.4 Å². The molecule has 1 aromatic carbocycles. The molecule has 26 heavy (non-hydrogen) atoms. The lowest BCUT2D eigenvalue weighted by Crippen LogP contribution is -2.30. The molecule has 0 fully saturated rings. The first-order valence-corrected chi connectivity index (χ1v) is 9.06. The highest BCUT2D eigenvalue weighted by atomic mass is 32.1. The molecule has 0 spiro atoms. The second kappa shape index (κ2) is 6.72. The van der Waals surface area contributed by atoms with Crippen LogP contribution in [0.4, 0.5) is 5.13 Å². The molecule has 0 unspecified atom stereocenters. The molecule has 0 radical (unpaired) electrons. The van der Waals surface area contributed by atoms with Gasteiger partial charge in [0.15, 0.2) is 10.9 Å². The van der Waals surface area contributed by atoms with Crippen LogP contribution in [0.1, 0.15) is 27.2 Å². The Morgan fingerprint density at radius 3 is 2.58 bits per heavy atom. The number of aryl methyl sites for hydroxylation is 2. The molecule has 130 valence electrons. The maximum atomic E-state index is 13.0. The number of thiazole rings is 1. The van der Waals surface area contributed by atoms with E-state index < -0.39 is 0 Å². The normalized spacial score (nSPS) is 11.0. The quantitative estimate of drug-likeness (QED) is 0.525. The van der Waals surface area contributed by atoms with Crippen LogP contribution in [0.2, 0.25) is 0 Å². The molecule has 0 atom stereocenters. The number of carbonyl (C=O) groups is 1. The van der Waals surface area contributed by atoms with Crippen molar-refractivity contribution >= 4 is 32.6 Å². The lowest BCUT2D eigenvalue weighted by Gasteiger charge is -2.18. The van der Waals surface area contributed by atoms with Gasteiger partial charge in [-0.3, -0.25) is 14.7 Å². The van der Waals surface area contributed by atoms with Crippen LogP contribution in [0.15, 0.2) is 59.5 Å². The summed E-state index contributed by atoms with van der Waals surface area (Å²) in [5, 5.41) is 0.663. The molecule has 4 rings (SSSR count). The number of amides is 1. The van der Waals surface area contributed by atoms with E-state index >= 15 is 0 Å². The Labute approximate surface area is 154 Å². The highest BCUT2D eigenvalue weighted by Gasteiger charge is 2.24. The second-order valence-corrected chi connectivity index (χ2v) is 7.08. The zero-order valence-corrected chi connectivity index (χ0v) is 15.3. The number of aromatic nitrogens is 2. The van der Waals surface area contributed by atoms with Crippen LogP contribution in [0.3, 0.4) is 0 Å². The first-order valence-electron chi connectivity index (χ1n) is 8.24. The smallest absolute Gasteiger partial charge is 0.296 e. The van der Waals surface area contributed by atoms with Crippen molar-refractivity contribution in [3.63, 3.8) is 0 Å². The van der Waals surface area contributed by atoms with Gasteiger partial charge >= 0.3 is 0 Å². The molecule has 0 aliphatic rings. The minimum atomic E-state index is -0.207. The molecule has 0 N–H and O–H groups in total. The lowest BCUT2D eigenvalue weighted by atomic mass is 10.1. The summed E-state index contributed by atoms with van der Waals surface area (Å²) in [6.07, 6.45) is 4.94. The number of fused-ring (bicyclic) bond motifs is 1. The molecule has 6 heteroatoms. The van der Waals surface area contributed by atoms with Gasteiger partial charge in [-0.1, -0.05) is 23.5 Å². The third-order valence-electron chi connectivity index (χ3n) is 4.23. The standard InChI is InChI=1S/C20H17N3O2S/c1-13-5-6-14(2)18-17(13)22-20(26-18)23(12-15-7-9-21-10-8-15)19(24)16-4-3-11-25-16/h3-11H,12H2,1-2H3. The Morgan fingerprint density at radius 2 is 1.88 bits per heavy atom. The molecule has 0 saturated carbocycles. The van der Waals surface area contributed by atoms with Crippen molar-refractivity contribution < 1.29 is 9.21 Å². The van der Waals surface area contributed by atoms with Gasteiger partial charge in [-0.2, -0.15) is 0 Å². The lowest BCUT2D eigenvalue weighted by molar-refractivity contribution is 0.0958. The average molecular weight is 363 g/mol. The zero-order valence-electron chi connectivity index (χ0n) is 14.5. The Morgan fingerprint density at radius 1 is 1.12 bits per heavy atom. The van der Waals surface area contributed by atoms with Crippen LogP contribution in [0.25, 0.3) is 10.2 Å². The van der Waals surface area contributed by atoms with Gasteiger partial charge in [0.25, 0.3) is 5.91 Å². The number of furan rings is 1. The Hall–Kier alpha value is -2.99. The maximum Gasteiger partial charge on any atom is 0.296 e. The van der Waals surface area contributed by atoms with Crippen LogP contribution >= 0.6 is 11.3 Å². The Kier molecular flexibility index (Phi) is 4.26. The number of benzene rings is 1. The van der Waals surface area contributed by atoms with Gasteiger partial charge in [0, 0.05) is 12.4 Å². The predicted octanol–water partition coefficient (Wildman–Crippen LogP) is 4.75. The number of hydrogen-bond donors (Lipinski definition) is 0. The molecule has 1 amide bonds. The predicted molar refractivity (Wildman–Crippen MR) is 103 cm³/mol. The largest absolute Gasteiger partial charge is 0.459 e. The molecule has 5 nitrogen and oxygen atoms in total. The van der Waals surface area contributed by atoms with Gasteiger partial charge in [0.2, 0.25) is 0 Å². The molecular formula is C20H17N3O2S. The van der Waals surface area contributed by atoms with Crippen molar-refractivity contribution in [2.75, 3.05) is 4.90 Å². The van der Waals surface area contributed by atoms with Crippen LogP contribution in [0.5, 0.6) is 0 Å². The summed E-state index contributed by atoms with van der Waals surface area (Å²) >= 11 is 1.53. The molecule has 0 aliphatic carbocycles. The average Bonchev–Trinajstić information content (AvgIpc) is 3.33. The summed E-state index contributed by atoms with van der Waals surface area (Å²) in [6, 6.07) is 11.3. The summed E-state index contributed by atoms with van der Waals surface area (Å²) < 4.78 is 6.43. The molecule has 0 saturated heterocycles. The van der Waals surface area contributed by atoms with E-state index in [1.165, 1.54) is 17.6 Å². The van der Waals surface area contributed by atoms with E-state index in [-0.39, 0.29) is 5.91 Å². The maximum absolute atomic E-state index is 13.0. The van der Waals surface area contributed by atoms with Crippen LogP contribution in [-0.4, -0.2) is 15.9 Å². The highest BCUT2D eigenvalue weighted by molar-refractivity contribution is 7.22. The van der Waals surface area contributed by atoms with E-state index in [0.717, 1.165) is 26.9 Å². The van der Waals surface area contributed by atoms with Gasteiger partial charge < -0.3 is 4.42 Å². The van der Waals surface area contributed by atoms with E-state index in [9.17, 15) is 4.79 Å². The van der Waals surface area contributed by atoms with Gasteiger partial charge in [-0.05, 0) is 54.8 Å². The van der Waals surface area contributed by atoms with Crippen molar-refractivity contribution in [3.8, 4) is 0 Å². The van der Waals surface area contributed by atoms with E-state index in [1.54, 1.807) is 29.4 Å². The fourth-order valence-corrected chi connectivity index (χ4v) is 3.90. The molecule has 0 bridgehead atoms. The number of anilines is 1. The summed E-state index contributed by atoms with van der Waals surface area (Å²) in [4.78, 5) is 23.5. The summed E-state index contributed by atoms with van der Waals surface area (Å²) in [7, 11) is 0. The number of nitrogens with zero attached hydrogens (tertiary/aromatic N) is 3. The SMILES string of the molecule is Cc1ccc(C)c2sc(N(Cc3ccncc3)C(=O)c3ccco3)nc12. The minimum Gasteiger partial charge on any atom is -0.459 e. The minimum absolute atomic E-state index is 0.207. The van der Waals surface area contributed by atoms with E-state index in [1.807, 2.05) is 19.1 Å². The molecule has 3 aromatic heterocycles. The monoisotopic (exact) mass is 363 g/mol. The number of rotatable bonds is 4. The van der Waals surface area contributed by atoms with Crippen LogP contribution in [-0.2, 0) is 6.54 Å². The molecule has 3 heterocycles. The number of hydrogen-bond acceptors (Lipinski definition) is 5. The first-order chi connectivity index (χ1) is 12.6. The zero-order chi connectivity index (χ0) is 18.1. The Bertz CT molecular complexity index is 1020. The number of carbonyl (C=O) groups excluding carboxylic acids is 1. The Balaban J connectivity index is 1.81. The van der Waals surface area contributed by atoms with Gasteiger partial charge in [-0.15, -0.1) is 0 Å². The fraction of sp³-hybridized carbons (Fsp3) is 0.150. The third kappa shape index (κ3) is 2.99. The van der Waals surface area contributed by atoms with Crippen molar-refractivity contribution in [1.29, 1.82) is 0 Å². The van der Waals surface area contributed by atoms with E-state index in [2.05, 4.69) is 24.0 Å². The van der Waals surface area contributed by atoms with Gasteiger partial charge in [0.1, 0.15) is 0 Å². The second-order valence-electron chi connectivity index (χ2n) is 6.10. The van der Waals surface area contributed by atoms with Crippen LogP contribution < -0.4 is 4.90 Å². The molecule has 0 aliphatic heterocycles. The fourth-order valence-electron chi connectivity index (χ4n) is 2.79. The van der Waals surface area contributed by atoms with Gasteiger partial charge in [0.05, 0.1) is 23.0 Å². The van der Waals surface area contributed by atoms with Crippen molar-refractivity contribution in [3.05, 3.63) is 77.5 Å². The van der Waals surface area contributed by atoms with E-state index in [4.69, 9.17) is 9.40 Å². The topological polar surface area (TPSA) is 59.2 Å². The van der Waals surface area contributed by atoms with E-state index in [0.29, 0.717) is 17.4 Å². The van der Waals surface area contributed by atoms with Crippen molar-refractivity contribution in [1.82, 2.24) is 9.97 Å². The summed E-state index contributed by atoms with van der Waals surface area (Å²) in [5.74, 6) is 0.0907. The number of pyridine rings is 1. The van der Waals surface area contributed by atoms with Crippen molar-refractivity contribution in [2.24, 2.45) is 0 Å². The summed E-state index contributed by atoms with van der Waals surface area (Å²) in [5.41, 5.74) is 4.18. The first kappa shape index (κ1) is 16.5. The summed E-state index contributed by atoms with van der Waals surface area (Å²) in [6.45, 7) is 4.50. The van der Waals surface area contributed by atoms with Gasteiger partial charge in [-0.25, -0.2) is 4.98 Å². The molecular weight excluding hydrogens is 346 g/mol. The van der Waals surface area contributed by atoms with Crippen LogP contribution in [0, 0.1) is 13.8 Å². The highest BCUT2D eigenvalue weighted by Crippen LogP contribution is 2.34. The third-order valence-corrected chi connectivity index (χ3v) is 5.44.